The number of ketones is 1. The fourth-order valence-corrected chi connectivity index (χ4v) is 11.2. The van der Waals surface area contributed by atoms with Crippen molar-refractivity contribution in [3.05, 3.63) is 82.9 Å². The molecule has 13 heteroatoms. The molecule has 326 valence electrons. The second-order valence-corrected chi connectivity index (χ2v) is 21.0. The molecule has 0 unspecified atom stereocenters. The Morgan fingerprint density at radius 3 is 2.52 bits per heavy atom. The number of fused-ring (bicyclic) bond motifs is 3. The van der Waals surface area contributed by atoms with Crippen LogP contribution in [-0.4, -0.2) is 71.4 Å². The fraction of sp³-hybridized carbons (Fsp3) is 0.521. The monoisotopic (exact) mass is 868 g/mol. The minimum Gasteiger partial charge on any atom is -0.496 e. The van der Waals surface area contributed by atoms with Crippen LogP contribution in [0.2, 0.25) is 0 Å². The van der Waals surface area contributed by atoms with Gasteiger partial charge in [0, 0.05) is 41.2 Å². The van der Waals surface area contributed by atoms with Crippen molar-refractivity contribution >= 4 is 49.9 Å². The van der Waals surface area contributed by atoms with E-state index in [4.69, 9.17) is 19.4 Å². The van der Waals surface area contributed by atoms with Crippen molar-refractivity contribution < 1.29 is 32.3 Å². The first-order valence-corrected chi connectivity index (χ1v) is 23.8. The van der Waals surface area contributed by atoms with Gasteiger partial charge in [-0.1, -0.05) is 76.6 Å². The number of aryl methyl sites for hydroxylation is 1. The lowest BCUT2D eigenvalue weighted by Gasteiger charge is -2.29. The number of allylic oxidation sites excluding steroid dienone is 2. The van der Waals surface area contributed by atoms with Gasteiger partial charge in [-0.05, 0) is 88.3 Å². The van der Waals surface area contributed by atoms with E-state index in [2.05, 4.69) is 24.6 Å². The molecule has 4 aromatic rings. The summed E-state index contributed by atoms with van der Waals surface area (Å²) < 4.78 is 40.6. The number of pyridine rings is 1. The maximum atomic E-state index is 15.0. The topological polar surface area (TPSA) is 145 Å². The summed E-state index contributed by atoms with van der Waals surface area (Å²) in [7, 11) is -2.30. The largest absolute Gasteiger partial charge is 0.496 e. The molecular weight excluding hydrogens is 809 g/mol. The molecule has 5 atom stereocenters. The summed E-state index contributed by atoms with van der Waals surface area (Å²) in [5.74, 6) is -0.114. The first-order chi connectivity index (χ1) is 28.7. The molecule has 1 saturated heterocycles. The lowest BCUT2D eigenvalue weighted by Crippen LogP contribution is -2.47. The molecule has 2 saturated carbocycles. The Bertz CT molecular complexity index is 2430. The molecule has 8 rings (SSSR count). The van der Waals surface area contributed by atoms with Gasteiger partial charge in [-0.3, -0.25) is 19.1 Å². The van der Waals surface area contributed by atoms with Gasteiger partial charge < -0.3 is 14.4 Å². The number of methoxy groups -OCH3 is 1. The number of hydrogen-bond acceptors (Lipinski definition) is 10. The third-order valence-corrected chi connectivity index (χ3v) is 16.3. The second-order valence-electron chi connectivity index (χ2n) is 18.0. The summed E-state index contributed by atoms with van der Waals surface area (Å²) in [6.45, 7) is 7.99. The van der Waals surface area contributed by atoms with Crippen LogP contribution in [0.25, 0.3) is 21.6 Å². The highest BCUT2D eigenvalue weighted by atomic mass is 32.2. The SMILES string of the molecule is C.COc1ccc2c(O[C@@H]3C[C@H]4C(=O)C[C@]5(C(=O)NS(=O)(=O)C6(C)CC6)C[C@H]5/C=C\CCCCC[C@H](Cc5ccccc5)C(=O)N4C3)cc(-c3nc(C(C)C)cs3)nc2c1C. The number of hydrogen-bond donors (Lipinski definition) is 1. The van der Waals surface area contributed by atoms with Crippen molar-refractivity contribution in [2.75, 3.05) is 13.7 Å². The van der Waals surface area contributed by atoms with Crippen LogP contribution in [0.3, 0.4) is 0 Å². The number of nitrogens with one attached hydrogen (secondary N) is 1. The zero-order valence-corrected chi connectivity index (χ0v) is 36.9. The van der Waals surface area contributed by atoms with Gasteiger partial charge in [0.15, 0.2) is 5.78 Å². The van der Waals surface area contributed by atoms with Crippen molar-refractivity contribution in [1.82, 2.24) is 19.6 Å². The summed E-state index contributed by atoms with van der Waals surface area (Å²) in [4.78, 5) is 55.6. The number of carbonyl (C=O) groups is 3. The summed E-state index contributed by atoms with van der Waals surface area (Å²) in [5, 5.41) is 3.58. The molecule has 2 aliphatic carbocycles. The molecule has 1 N–H and O–H groups in total. The van der Waals surface area contributed by atoms with E-state index < -0.39 is 38.2 Å². The van der Waals surface area contributed by atoms with E-state index in [-0.39, 0.29) is 56.3 Å². The predicted octanol–water partition coefficient (Wildman–Crippen LogP) is 9.13. The zero-order chi connectivity index (χ0) is 42.4. The Labute approximate surface area is 364 Å². The number of sulfonamides is 1. The highest BCUT2D eigenvalue weighted by Crippen LogP contribution is 2.58. The molecule has 2 aromatic carbocycles. The number of rotatable bonds is 10. The number of nitrogens with zero attached hydrogens (tertiary/aromatic N) is 3. The predicted molar refractivity (Wildman–Crippen MR) is 240 cm³/mol. The Morgan fingerprint density at radius 2 is 1.82 bits per heavy atom. The maximum absolute atomic E-state index is 15.0. The Hall–Kier alpha value is -4.62. The molecule has 61 heavy (non-hydrogen) atoms. The fourth-order valence-electron chi connectivity index (χ4n) is 8.97. The normalized spacial score (nSPS) is 25.7. The highest BCUT2D eigenvalue weighted by molar-refractivity contribution is 7.91. The third-order valence-electron chi connectivity index (χ3n) is 13.3. The minimum absolute atomic E-state index is 0. The van der Waals surface area contributed by atoms with E-state index in [9.17, 15) is 22.8 Å². The third kappa shape index (κ3) is 9.00. The van der Waals surface area contributed by atoms with Crippen LogP contribution in [0.15, 0.2) is 66.1 Å². The molecule has 0 radical (unpaired) electrons. The quantitative estimate of drug-likeness (QED) is 0.154. The minimum atomic E-state index is -3.93. The number of thiazole rings is 1. The molecule has 2 aliphatic heterocycles. The molecular formula is C48H60N4O7S2. The molecule has 4 aliphatic rings. The molecule has 2 aromatic heterocycles. The van der Waals surface area contributed by atoms with Crippen LogP contribution in [-0.2, 0) is 30.8 Å². The Balaban J connectivity index is 0.00000561. The van der Waals surface area contributed by atoms with Crippen molar-refractivity contribution in [1.29, 1.82) is 0 Å². The number of carbonyl (C=O) groups excluding carboxylic acids is 3. The molecule has 0 bridgehead atoms. The summed E-state index contributed by atoms with van der Waals surface area (Å²) in [6, 6.07) is 14.8. The van der Waals surface area contributed by atoms with Crippen LogP contribution >= 0.6 is 11.3 Å². The van der Waals surface area contributed by atoms with E-state index in [1.165, 1.54) is 11.3 Å². The van der Waals surface area contributed by atoms with Gasteiger partial charge in [-0.25, -0.2) is 18.4 Å². The van der Waals surface area contributed by atoms with E-state index in [1.54, 1.807) is 18.9 Å². The maximum Gasteiger partial charge on any atom is 0.240 e. The molecule has 11 nitrogen and oxygen atoms in total. The standard InChI is InChI=1S/C47H56N4O7S2.CH4/c1-29(2)37-28-59-43(49-37)36-24-41(35-18-19-40(57-5)30(3)42(35)48-36)58-34-23-38-39(52)26-47(45(54)50-60(55,56)46(4)20-21-46)25-33(47)17-13-8-6-7-12-16-32(44(53)51(38)27-34)22-31-14-10-9-11-15-31;/h9-11,13-15,17-19,24,28-29,32-34,38H,6-8,12,16,20-23,25-27H2,1-5H3,(H,50,54);1H4/b17-13-;/t32-,33-,34-,38+,47-;/m1./s1. The zero-order valence-electron chi connectivity index (χ0n) is 35.2. The van der Waals surface area contributed by atoms with Crippen LogP contribution in [0.5, 0.6) is 11.5 Å². The lowest BCUT2D eigenvalue weighted by atomic mass is 9.90. The number of amides is 2. The van der Waals surface area contributed by atoms with Gasteiger partial charge in [0.05, 0.1) is 41.1 Å². The average molecular weight is 869 g/mol. The van der Waals surface area contributed by atoms with E-state index in [0.29, 0.717) is 54.8 Å². The van der Waals surface area contributed by atoms with Crippen LogP contribution in [0.4, 0.5) is 0 Å². The van der Waals surface area contributed by atoms with E-state index in [0.717, 1.165) is 52.9 Å². The Kier molecular flexibility index (Phi) is 12.8. The summed E-state index contributed by atoms with van der Waals surface area (Å²) >= 11 is 1.52. The highest BCUT2D eigenvalue weighted by Gasteiger charge is 2.62. The van der Waals surface area contributed by atoms with Crippen molar-refractivity contribution in [3.63, 3.8) is 0 Å². The van der Waals surface area contributed by atoms with E-state index >= 15 is 0 Å². The lowest BCUT2D eigenvalue weighted by molar-refractivity contribution is -0.142. The molecule has 4 heterocycles. The van der Waals surface area contributed by atoms with E-state index in [1.807, 2.05) is 66.9 Å². The van der Waals surface area contributed by atoms with Crippen LogP contribution < -0.4 is 14.2 Å². The smallest absolute Gasteiger partial charge is 0.240 e. The van der Waals surface area contributed by atoms with Crippen LogP contribution in [0, 0.1) is 24.2 Å². The Morgan fingerprint density at radius 1 is 1.05 bits per heavy atom. The second kappa shape index (κ2) is 17.6. The molecule has 2 amide bonds. The number of aromatic nitrogens is 2. The number of benzene rings is 2. The van der Waals surface area contributed by atoms with Gasteiger partial charge in [-0.2, -0.15) is 0 Å². The van der Waals surface area contributed by atoms with Crippen molar-refractivity contribution in [3.8, 4) is 22.2 Å². The average Bonchev–Trinajstić information content (AvgIpc) is 4.00. The van der Waals surface area contributed by atoms with Gasteiger partial charge in [0.2, 0.25) is 21.8 Å². The van der Waals surface area contributed by atoms with Crippen molar-refractivity contribution in [2.45, 2.75) is 129 Å². The molecule has 3 fully saturated rings. The summed E-state index contributed by atoms with van der Waals surface area (Å²) in [6.07, 6.45) is 9.65. The molecule has 0 spiro atoms. The van der Waals surface area contributed by atoms with Gasteiger partial charge in [-0.15, -0.1) is 11.3 Å². The van der Waals surface area contributed by atoms with Gasteiger partial charge >= 0.3 is 0 Å². The first-order valence-electron chi connectivity index (χ1n) is 21.4. The van der Waals surface area contributed by atoms with Crippen LogP contribution in [0.1, 0.15) is 115 Å². The number of ether oxygens (including phenoxy) is 2. The number of Topliss-reactive ketones (excluding diaryl/α,β-unsaturated/α-hetero) is 1. The first kappa shape index (κ1) is 44.4. The van der Waals surface area contributed by atoms with Crippen molar-refractivity contribution in [2.24, 2.45) is 17.3 Å². The van der Waals surface area contributed by atoms with Gasteiger partial charge in [0.25, 0.3) is 0 Å². The van der Waals surface area contributed by atoms with Gasteiger partial charge in [0.1, 0.15) is 28.3 Å². The summed E-state index contributed by atoms with van der Waals surface area (Å²) in [5.41, 5.74) is 3.04.